The monoisotopic (exact) mass is 374 g/mol. The van der Waals surface area contributed by atoms with Gasteiger partial charge in [0.2, 0.25) is 11.9 Å². The standard InChI is InChI=1S/C19H23FN4OS/c20-17-7-2-1-5-16(17)14-26-12-10-21-18(25)15-6-3-11-24(13-15)19-22-8-4-9-23-19/h1-2,4-5,7-9,15H,3,6,10-14H2,(H,21,25). The number of carbonyl (C=O) groups is 1. The molecule has 26 heavy (non-hydrogen) atoms. The molecule has 5 nitrogen and oxygen atoms in total. The third-order valence-corrected chi connectivity index (χ3v) is 5.40. The van der Waals surface area contributed by atoms with E-state index in [1.807, 2.05) is 6.07 Å². The first kappa shape index (κ1) is 18.6. The van der Waals surface area contributed by atoms with Crippen LogP contribution in [0.3, 0.4) is 0 Å². The number of rotatable bonds is 7. The highest BCUT2D eigenvalue weighted by Crippen LogP contribution is 2.20. The zero-order valence-electron chi connectivity index (χ0n) is 14.6. The van der Waals surface area contributed by atoms with Gasteiger partial charge in [0.15, 0.2) is 0 Å². The molecule has 2 aromatic rings. The Labute approximate surface area is 157 Å². The van der Waals surface area contributed by atoms with E-state index in [0.717, 1.165) is 25.1 Å². The Morgan fingerprint density at radius 3 is 2.88 bits per heavy atom. The molecule has 1 saturated heterocycles. The van der Waals surface area contributed by atoms with Crippen LogP contribution in [-0.2, 0) is 10.5 Å². The van der Waals surface area contributed by atoms with Gasteiger partial charge < -0.3 is 10.2 Å². The number of hydrogen-bond donors (Lipinski definition) is 1. The van der Waals surface area contributed by atoms with Gasteiger partial charge in [-0.15, -0.1) is 0 Å². The Morgan fingerprint density at radius 2 is 2.08 bits per heavy atom. The summed E-state index contributed by atoms with van der Waals surface area (Å²) >= 11 is 1.62. The van der Waals surface area contributed by atoms with E-state index in [1.165, 1.54) is 6.07 Å². The van der Waals surface area contributed by atoms with Gasteiger partial charge in [-0.25, -0.2) is 14.4 Å². The molecule has 0 bridgehead atoms. The Morgan fingerprint density at radius 1 is 1.27 bits per heavy atom. The molecule has 1 aromatic carbocycles. The molecule has 2 heterocycles. The van der Waals surface area contributed by atoms with Crippen molar-refractivity contribution in [3.63, 3.8) is 0 Å². The second kappa shape index (κ2) is 9.52. The highest BCUT2D eigenvalue weighted by Gasteiger charge is 2.26. The van der Waals surface area contributed by atoms with Crippen LogP contribution in [0.4, 0.5) is 10.3 Å². The highest BCUT2D eigenvalue weighted by atomic mass is 32.2. The maximum Gasteiger partial charge on any atom is 0.225 e. The molecule has 1 aromatic heterocycles. The minimum Gasteiger partial charge on any atom is -0.355 e. The van der Waals surface area contributed by atoms with E-state index in [9.17, 15) is 9.18 Å². The molecule has 1 aliphatic rings. The van der Waals surface area contributed by atoms with Crippen molar-refractivity contribution < 1.29 is 9.18 Å². The summed E-state index contributed by atoms with van der Waals surface area (Å²) in [5.74, 6) is 1.93. The van der Waals surface area contributed by atoms with E-state index < -0.39 is 0 Å². The Kier molecular flexibility index (Phi) is 6.82. The maximum absolute atomic E-state index is 13.5. The van der Waals surface area contributed by atoms with Crippen molar-refractivity contribution in [2.45, 2.75) is 18.6 Å². The minimum atomic E-state index is -0.172. The van der Waals surface area contributed by atoms with Crippen molar-refractivity contribution in [3.8, 4) is 0 Å². The molecule has 0 aliphatic carbocycles. The average molecular weight is 374 g/mol. The van der Waals surface area contributed by atoms with Crippen molar-refractivity contribution in [3.05, 3.63) is 54.1 Å². The molecule has 3 rings (SSSR count). The fourth-order valence-corrected chi connectivity index (χ4v) is 3.86. The molecule has 0 radical (unpaired) electrons. The summed E-state index contributed by atoms with van der Waals surface area (Å²) in [5.41, 5.74) is 0.703. The summed E-state index contributed by atoms with van der Waals surface area (Å²) in [6, 6.07) is 8.59. The van der Waals surface area contributed by atoms with E-state index in [1.54, 1.807) is 42.4 Å². The lowest BCUT2D eigenvalue weighted by Crippen LogP contribution is -2.44. The largest absolute Gasteiger partial charge is 0.355 e. The number of aromatic nitrogens is 2. The number of amides is 1. The number of hydrogen-bond acceptors (Lipinski definition) is 5. The minimum absolute atomic E-state index is 0.0378. The van der Waals surface area contributed by atoms with Crippen molar-refractivity contribution in [2.75, 3.05) is 30.3 Å². The van der Waals surface area contributed by atoms with Gasteiger partial charge in [-0.2, -0.15) is 11.8 Å². The van der Waals surface area contributed by atoms with Crippen molar-refractivity contribution in [2.24, 2.45) is 5.92 Å². The topological polar surface area (TPSA) is 58.1 Å². The predicted octanol–water partition coefficient (Wildman–Crippen LogP) is 2.88. The van der Waals surface area contributed by atoms with Crippen LogP contribution >= 0.6 is 11.8 Å². The van der Waals surface area contributed by atoms with Crippen LogP contribution in [0.1, 0.15) is 18.4 Å². The van der Waals surface area contributed by atoms with E-state index in [4.69, 9.17) is 0 Å². The van der Waals surface area contributed by atoms with Gasteiger partial charge in [0.05, 0.1) is 5.92 Å². The molecule has 138 valence electrons. The number of thioether (sulfide) groups is 1. The van der Waals surface area contributed by atoms with E-state index in [2.05, 4.69) is 20.2 Å². The summed E-state index contributed by atoms with van der Waals surface area (Å²) in [6.07, 6.45) is 5.29. The molecular weight excluding hydrogens is 351 g/mol. The van der Waals surface area contributed by atoms with Crippen molar-refractivity contribution >= 4 is 23.6 Å². The van der Waals surface area contributed by atoms with Crippen LogP contribution in [0.5, 0.6) is 0 Å². The molecule has 0 spiro atoms. The lowest BCUT2D eigenvalue weighted by atomic mass is 9.97. The van der Waals surface area contributed by atoms with E-state index in [0.29, 0.717) is 30.4 Å². The van der Waals surface area contributed by atoms with E-state index >= 15 is 0 Å². The second-order valence-corrected chi connectivity index (χ2v) is 7.37. The first-order valence-electron chi connectivity index (χ1n) is 8.85. The second-order valence-electron chi connectivity index (χ2n) is 6.27. The summed E-state index contributed by atoms with van der Waals surface area (Å²) in [5, 5.41) is 3.00. The third-order valence-electron chi connectivity index (χ3n) is 4.39. The molecule has 1 atom stereocenters. The first-order chi connectivity index (χ1) is 12.7. The number of piperidine rings is 1. The zero-order valence-corrected chi connectivity index (χ0v) is 15.4. The Bertz CT molecular complexity index is 716. The van der Waals surface area contributed by atoms with Crippen LogP contribution in [0, 0.1) is 11.7 Å². The Hall–Kier alpha value is -2.15. The first-order valence-corrected chi connectivity index (χ1v) is 10.0. The number of halogens is 1. The number of benzene rings is 1. The smallest absolute Gasteiger partial charge is 0.225 e. The molecule has 1 amide bonds. The zero-order chi connectivity index (χ0) is 18.2. The summed E-state index contributed by atoms with van der Waals surface area (Å²) in [6.45, 7) is 2.13. The molecule has 1 unspecified atom stereocenters. The summed E-state index contributed by atoms with van der Waals surface area (Å²) < 4.78 is 13.5. The normalized spacial score (nSPS) is 17.1. The van der Waals surface area contributed by atoms with Crippen LogP contribution < -0.4 is 10.2 Å². The molecule has 1 fully saturated rings. The highest BCUT2D eigenvalue weighted by molar-refractivity contribution is 7.98. The van der Waals surface area contributed by atoms with Gasteiger partial charge in [-0.1, -0.05) is 18.2 Å². The number of anilines is 1. The SMILES string of the molecule is O=C(NCCSCc1ccccc1F)C1CCCN(c2ncccn2)C1. The molecule has 1 N–H and O–H groups in total. The average Bonchev–Trinajstić information content (AvgIpc) is 2.69. The maximum atomic E-state index is 13.5. The fraction of sp³-hybridized carbons (Fsp3) is 0.421. The van der Waals surface area contributed by atoms with Crippen LogP contribution in [0.25, 0.3) is 0 Å². The molecule has 7 heteroatoms. The predicted molar refractivity (Wildman–Crippen MR) is 103 cm³/mol. The van der Waals surface area contributed by atoms with Gasteiger partial charge in [-0.3, -0.25) is 4.79 Å². The summed E-state index contributed by atoms with van der Waals surface area (Å²) in [4.78, 5) is 23.0. The fourth-order valence-electron chi connectivity index (χ4n) is 3.02. The van der Waals surface area contributed by atoms with Crippen LogP contribution in [0.2, 0.25) is 0 Å². The van der Waals surface area contributed by atoms with Gasteiger partial charge >= 0.3 is 0 Å². The van der Waals surface area contributed by atoms with E-state index in [-0.39, 0.29) is 17.6 Å². The third kappa shape index (κ3) is 5.17. The van der Waals surface area contributed by atoms with Crippen LogP contribution in [-0.4, -0.2) is 41.3 Å². The molecule has 0 saturated carbocycles. The molecular formula is C19H23FN4OS. The number of carbonyl (C=O) groups excluding carboxylic acids is 1. The van der Waals surface area contributed by atoms with Gasteiger partial charge in [-0.05, 0) is 30.5 Å². The van der Waals surface area contributed by atoms with Crippen LogP contribution in [0.15, 0.2) is 42.7 Å². The Balaban J connectivity index is 1.38. The number of nitrogens with one attached hydrogen (secondary N) is 1. The van der Waals surface area contributed by atoms with Gasteiger partial charge in [0, 0.05) is 43.5 Å². The van der Waals surface area contributed by atoms with Gasteiger partial charge in [0.25, 0.3) is 0 Å². The summed E-state index contributed by atoms with van der Waals surface area (Å²) in [7, 11) is 0. The quantitative estimate of drug-likeness (QED) is 0.755. The van der Waals surface area contributed by atoms with Crippen molar-refractivity contribution in [1.29, 1.82) is 0 Å². The lowest BCUT2D eigenvalue weighted by Gasteiger charge is -2.31. The molecule has 1 aliphatic heterocycles. The van der Waals surface area contributed by atoms with Crippen molar-refractivity contribution in [1.82, 2.24) is 15.3 Å². The van der Waals surface area contributed by atoms with Gasteiger partial charge in [0.1, 0.15) is 5.82 Å². The lowest BCUT2D eigenvalue weighted by molar-refractivity contribution is -0.125. The number of nitrogens with zero attached hydrogens (tertiary/aromatic N) is 3.